The van der Waals surface area contributed by atoms with E-state index in [0.717, 1.165) is 24.8 Å². The van der Waals surface area contributed by atoms with Crippen molar-refractivity contribution in [3.05, 3.63) is 54.1 Å². The number of amides is 1. The summed E-state index contributed by atoms with van der Waals surface area (Å²) in [6.07, 6.45) is 5.97. The van der Waals surface area contributed by atoms with Crippen LogP contribution in [0.3, 0.4) is 0 Å². The van der Waals surface area contributed by atoms with Crippen molar-refractivity contribution in [1.82, 2.24) is 0 Å². The number of anilines is 2. The van der Waals surface area contributed by atoms with Gasteiger partial charge in [-0.15, -0.1) is 0 Å². The maximum atomic E-state index is 12.4. The molecule has 0 heterocycles. The van der Waals surface area contributed by atoms with Crippen LogP contribution in [0.1, 0.15) is 36.0 Å². The Morgan fingerprint density at radius 3 is 2.38 bits per heavy atom. The van der Waals surface area contributed by atoms with Gasteiger partial charge in [-0.3, -0.25) is 9.52 Å². The minimum Gasteiger partial charge on any atom is -0.490 e. The highest BCUT2D eigenvalue weighted by atomic mass is 32.2. The number of hydrogen-bond acceptors (Lipinski definition) is 4. The summed E-state index contributed by atoms with van der Waals surface area (Å²) < 4.78 is 30.9. The quantitative estimate of drug-likeness (QED) is 0.809. The Morgan fingerprint density at radius 2 is 1.73 bits per heavy atom. The third kappa shape index (κ3) is 5.23. The first-order chi connectivity index (χ1) is 12.4. The van der Waals surface area contributed by atoms with Crippen LogP contribution in [0, 0.1) is 0 Å². The summed E-state index contributed by atoms with van der Waals surface area (Å²) in [6.45, 7) is 0. The fourth-order valence-corrected chi connectivity index (χ4v) is 3.51. The van der Waals surface area contributed by atoms with Crippen molar-refractivity contribution in [3.63, 3.8) is 0 Å². The first kappa shape index (κ1) is 18.3. The average Bonchev–Trinajstić information content (AvgIpc) is 3.08. The van der Waals surface area contributed by atoms with E-state index in [1.165, 1.54) is 18.9 Å². The summed E-state index contributed by atoms with van der Waals surface area (Å²) in [5.41, 5.74) is 1.36. The molecular formula is C19H22N2O4S. The fourth-order valence-electron chi connectivity index (χ4n) is 2.96. The second kappa shape index (κ2) is 7.78. The predicted molar refractivity (Wildman–Crippen MR) is 102 cm³/mol. The first-order valence-electron chi connectivity index (χ1n) is 8.55. The summed E-state index contributed by atoms with van der Waals surface area (Å²) in [5, 5.41) is 2.80. The molecule has 0 radical (unpaired) electrons. The summed E-state index contributed by atoms with van der Waals surface area (Å²) in [4.78, 5) is 12.4. The maximum Gasteiger partial charge on any atom is 0.255 e. The van der Waals surface area contributed by atoms with Gasteiger partial charge in [0, 0.05) is 16.9 Å². The van der Waals surface area contributed by atoms with Crippen molar-refractivity contribution in [3.8, 4) is 5.75 Å². The van der Waals surface area contributed by atoms with Crippen LogP contribution in [0.5, 0.6) is 5.75 Å². The lowest BCUT2D eigenvalue weighted by atomic mass is 10.2. The van der Waals surface area contributed by atoms with Gasteiger partial charge in [0.2, 0.25) is 10.0 Å². The molecule has 1 aliphatic carbocycles. The zero-order valence-corrected chi connectivity index (χ0v) is 15.4. The van der Waals surface area contributed by atoms with Gasteiger partial charge in [0.05, 0.1) is 12.4 Å². The number of ether oxygens (including phenoxy) is 1. The number of benzene rings is 2. The summed E-state index contributed by atoms with van der Waals surface area (Å²) in [5.74, 6) is 0.487. The molecule has 0 bridgehead atoms. The molecule has 2 aromatic rings. The van der Waals surface area contributed by atoms with Crippen LogP contribution >= 0.6 is 0 Å². The molecule has 1 amide bonds. The number of sulfonamides is 1. The highest BCUT2D eigenvalue weighted by molar-refractivity contribution is 7.92. The van der Waals surface area contributed by atoms with Gasteiger partial charge >= 0.3 is 0 Å². The van der Waals surface area contributed by atoms with Crippen molar-refractivity contribution in [2.75, 3.05) is 16.3 Å². The lowest BCUT2D eigenvalue weighted by molar-refractivity contribution is 0.102. The molecular weight excluding hydrogens is 352 g/mol. The lowest BCUT2D eigenvalue weighted by Gasteiger charge is -2.13. The van der Waals surface area contributed by atoms with E-state index in [1.807, 2.05) is 12.1 Å². The summed E-state index contributed by atoms with van der Waals surface area (Å²) in [7, 11) is -3.39. The molecule has 0 spiro atoms. The molecule has 2 aromatic carbocycles. The predicted octanol–water partition coefficient (Wildman–Crippen LogP) is 3.63. The van der Waals surface area contributed by atoms with Gasteiger partial charge in [-0.05, 0) is 68.1 Å². The molecule has 0 unspecified atom stereocenters. The van der Waals surface area contributed by atoms with E-state index in [4.69, 9.17) is 4.74 Å². The summed E-state index contributed by atoms with van der Waals surface area (Å²) in [6, 6.07) is 13.6. The van der Waals surface area contributed by atoms with E-state index >= 15 is 0 Å². The Bertz CT molecular complexity index is 873. The Balaban J connectivity index is 1.63. The Kier molecular flexibility index (Phi) is 5.46. The molecule has 0 aliphatic heterocycles. The standard InChI is InChI=1S/C19H22N2O4S/c1-26(23,24)21-16-6-4-5-14(13-16)19(22)20-15-9-11-18(12-10-15)25-17-7-2-3-8-17/h4-6,9-13,17,21H,2-3,7-8H2,1H3,(H,20,22). The monoisotopic (exact) mass is 374 g/mol. The molecule has 6 nitrogen and oxygen atoms in total. The number of nitrogens with one attached hydrogen (secondary N) is 2. The smallest absolute Gasteiger partial charge is 0.255 e. The molecule has 1 fully saturated rings. The van der Waals surface area contributed by atoms with E-state index in [9.17, 15) is 13.2 Å². The average molecular weight is 374 g/mol. The number of hydrogen-bond donors (Lipinski definition) is 2. The number of carbonyl (C=O) groups is 1. The molecule has 1 aliphatic rings. The van der Waals surface area contributed by atoms with Crippen LogP contribution < -0.4 is 14.8 Å². The molecule has 2 N–H and O–H groups in total. The lowest BCUT2D eigenvalue weighted by Crippen LogP contribution is -2.14. The zero-order chi connectivity index (χ0) is 18.6. The molecule has 3 rings (SSSR count). The van der Waals surface area contributed by atoms with E-state index in [0.29, 0.717) is 23.0 Å². The zero-order valence-electron chi connectivity index (χ0n) is 14.6. The third-order valence-electron chi connectivity index (χ3n) is 4.15. The van der Waals surface area contributed by atoms with Gasteiger partial charge in [-0.1, -0.05) is 6.07 Å². The second-order valence-electron chi connectivity index (χ2n) is 6.46. The van der Waals surface area contributed by atoms with E-state index < -0.39 is 10.0 Å². The number of carbonyl (C=O) groups excluding carboxylic acids is 1. The number of rotatable bonds is 6. The van der Waals surface area contributed by atoms with Gasteiger partial charge in [-0.25, -0.2) is 8.42 Å². The van der Waals surface area contributed by atoms with Crippen LogP contribution in [-0.2, 0) is 10.0 Å². The van der Waals surface area contributed by atoms with E-state index in [1.54, 1.807) is 30.3 Å². The van der Waals surface area contributed by atoms with Crippen molar-refractivity contribution < 1.29 is 17.9 Å². The second-order valence-corrected chi connectivity index (χ2v) is 8.21. The molecule has 7 heteroatoms. The normalized spacial score (nSPS) is 14.8. The van der Waals surface area contributed by atoms with Crippen LogP contribution in [0.25, 0.3) is 0 Å². The Morgan fingerprint density at radius 1 is 1.04 bits per heavy atom. The molecule has 0 saturated heterocycles. The Hall–Kier alpha value is -2.54. The minimum atomic E-state index is -3.39. The largest absolute Gasteiger partial charge is 0.490 e. The van der Waals surface area contributed by atoms with Crippen LogP contribution in [0.4, 0.5) is 11.4 Å². The van der Waals surface area contributed by atoms with Crippen molar-refractivity contribution in [2.45, 2.75) is 31.8 Å². The molecule has 1 saturated carbocycles. The van der Waals surface area contributed by atoms with Gasteiger partial charge < -0.3 is 10.1 Å². The highest BCUT2D eigenvalue weighted by Crippen LogP contribution is 2.25. The Labute approximate surface area is 153 Å². The summed E-state index contributed by atoms with van der Waals surface area (Å²) >= 11 is 0. The van der Waals surface area contributed by atoms with Crippen molar-refractivity contribution >= 4 is 27.3 Å². The van der Waals surface area contributed by atoms with Gasteiger partial charge in [0.1, 0.15) is 5.75 Å². The minimum absolute atomic E-state index is 0.292. The third-order valence-corrected chi connectivity index (χ3v) is 4.75. The molecule has 138 valence electrons. The molecule has 26 heavy (non-hydrogen) atoms. The first-order valence-corrected chi connectivity index (χ1v) is 10.4. The van der Waals surface area contributed by atoms with Gasteiger partial charge in [0.15, 0.2) is 0 Å². The van der Waals surface area contributed by atoms with Gasteiger partial charge in [0.25, 0.3) is 5.91 Å². The van der Waals surface area contributed by atoms with Gasteiger partial charge in [-0.2, -0.15) is 0 Å². The topological polar surface area (TPSA) is 84.5 Å². The highest BCUT2D eigenvalue weighted by Gasteiger charge is 2.16. The van der Waals surface area contributed by atoms with Crippen LogP contribution in [-0.4, -0.2) is 26.7 Å². The van der Waals surface area contributed by atoms with Crippen LogP contribution in [0.2, 0.25) is 0 Å². The van der Waals surface area contributed by atoms with Crippen LogP contribution in [0.15, 0.2) is 48.5 Å². The van der Waals surface area contributed by atoms with E-state index in [-0.39, 0.29) is 5.91 Å². The fraction of sp³-hybridized carbons (Fsp3) is 0.316. The van der Waals surface area contributed by atoms with Crippen molar-refractivity contribution in [1.29, 1.82) is 0 Å². The molecule has 0 atom stereocenters. The van der Waals surface area contributed by atoms with E-state index in [2.05, 4.69) is 10.0 Å². The molecule has 0 aromatic heterocycles. The SMILES string of the molecule is CS(=O)(=O)Nc1cccc(C(=O)Nc2ccc(OC3CCCC3)cc2)c1. The van der Waals surface area contributed by atoms with Crippen molar-refractivity contribution in [2.24, 2.45) is 0 Å². The maximum absolute atomic E-state index is 12.4.